The van der Waals surface area contributed by atoms with Crippen molar-refractivity contribution in [1.82, 2.24) is 14.7 Å². The molecule has 0 aliphatic carbocycles. The summed E-state index contributed by atoms with van der Waals surface area (Å²) in [4.78, 5) is 19.8. The number of ether oxygens (including phenoxy) is 2. The second-order valence-corrected chi connectivity index (χ2v) is 11.2. The molecule has 6 nitrogen and oxygen atoms in total. The van der Waals surface area contributed by atoms with Crippen LogP contribution in [0.15, 0.2) is 24.3 Å². The second kappa shape index (κ2) is 10.9. The van der Waals surface area contributed by atoms with Gasteiger partial charge in [0.15, 0.2) is 0 Å². The Morgan fingerprint density at radius 2 is 1.67 bits per heavy atom. The van der Waals surface area contributed by atoms with Crippen LogP contribution in [0.3, 0.4) is 0 Å². The summed E-state index contributed by atoms with van der Waals surface area (Å²) >= 11 is 6.12. The van der Waals surface area contributed by atoms with E-state index in [1.807, 2.05) is 37.8 Å². The normalized spacial score (nSPS) is 26.4. The highest BCUT2D eigenvalue weighted by atomic mass is 35.5. The van der Waals surface area contributed by atoms with E-state index in [9.17, 15) is 4.79 Å². The van der Waals surface area contributed by atoms with E-state index in [4.69, 9.17) is 21.1 Å². The van der Waals surface area contributed by atoms with Crippen LogP contribution in [0, 0.1) is 0 Å². The minimum atomic E-state index is -0.449. The predicted molar refractivity (Wildman–Crippen MR) is 132 cm³/mol. The van der Waals surface area contributed by atoms with Crippen molar-refractivity contribution in [3.8, 4) is 0 Å². The molecule has 1 aromatic carbocycles. The van der Waals surface area contributed by atoms with Gasteiger partial charge in [0.25, 0.3) is 0 Å². The van der Waals surface area contributed by atoms with Gasteiger partial charge in [-0.2, -0.15) is 0 Å². The first-order valence-electron chi connectivity index (χ1n) is 12.6. The highest BCUT2D eigenvalue weighted by molar-refractivity contribution is 6.30. The van der Waals surface area contributed by atoms with Gasteiger partial charge in [-0.05, 0) is 70.6 Å². The fourth-order valence-corrected chi connectivity index (χ4v) is 5.67. The molecule has 3 saturated heterocycles. The van der Waals surface area contributed by atoms with Gasteiger partial charge in [0.05, 0.1) is 13.2 Å². The molecule has 2 unspecified atom stereocenters. The number of morpholine rings is 1. The van der Waals surface area contributed by atoms with Crippen molar-refractivity contribution in [2.24, 2.45) is 0 Å². The van der Waals surface area contributed by atoms with E-state index < -0.39 is 5.60 Å². The van der Waals surface area contributed by atoms with Gasteiger partial charge in [-0.1, -0.05) is 23.7 Å². The van der Waals surface area contributed by atoms with Gasteiger partial charge >= 0.3 is 6.09 Å². The van der Waals surface area contributed by atoms with Gasteiger partial charge in [-0.3, -0.25) is 9.80 Å². The van der Waals surface area contributed by atoms with Gasteiger partial charge in [0.1, 0.15) is 5.60 Å². The quantitative estimate of drug-likeness (QED) is 0.641. The van der Waals surface area contributed by atoms with Crippen molar-refractivity contribution in [3.05, 3.63) is 34.9 Å². The summed E-state index contributed by atoms with van der Waals surface area (Å²) in [5, 5.41) is 0.793. The Balaban J connectivity index is 1.42. The Morgan fingerprint density at radius 3 is 2.30 bits per heavy atom. The standard InChI is InChI=1S/C26H40ClN3O3/c1-26(2,3)33-25(31)29-12-10-22(11-13-29)30-19-24(28-14-16-32-17-15-28)9-8-23(30)18-20-4-6-21(27)7-5-20/h4-7,22-24H,8-19H2,1-3H3. The van der Waals surface area contributed by atoms with Gasteiger partial charge in [0, 0.05) is 55.9 Å². The third-order valence-electron chi connectivity index (χ3n) is 7.26. The topological polar surface area (TPSA) is 45.2 Å². The highest BCUT2D eigenvalue weighted by Crippen LogP contribution is 2.30. The number of rotatable bonds is 4. The maximum Gasteiger partial charge on any atom is 0.410 e. The van der Waals surface area contributed by atoms with Crippen LogP contribution in [0.1, 0.15) is 52.0 Å². The Hall–Kier alpha value is -1.34. The monoisotopic (exact) mass is 477 g/mol. The van der Waals surface area contributed by atoms with E-state index in [2.05, 4.69) is 21.9 Å². The summed E-state index contributed by atoms with van der Waals surface area (Å²) in [6.45, 7) is 12.2. The van der Waals surface area contributed by atoms with Crippen LogP contribution in [0.25, 0.3) is 0 Å². The smallest absolute Gasteiger partial charge is 0.410 e. The number of halogens is 1. The Bertz CT molecular complexity index is 768. The lowest BCUT2D eigenvalue weighted by atomic mass is 9.88. The molecular formula is C26H40ClN3O3. The maximum atomic E-state index is 12.5. The first kappa shape index (κ1) is 24.8. The zero-order valence-electron chi connectivity index (χ0n) is 20.5. The number of benzene rings is 1. The molecule has 1 aromatic rings. The van der Waals surface area contributed by atoms with Gasteiger partial charge < -0.3 is 14.4 Å². The third-order valence-corrected chi connectivity index (χ3v) is 7.51. The van der Waals surface area contributed by atoms with E-state index >= 15 is 0 Å². The fourth-order valence-electron chi connectivity index (χ4n) is 5.54. The minimum Gasteiger partial charge on any atom is -0.444 e. The summed E-state index contributed by atoms with van der Waals surface area (Å²) in [6, 6.07) is 9.96. The SMILES string of the molecule is CC(C)(C)OC(=O)N1CCC(N2CC(N3CCOCC3)CCC2Cc2ccc(Cl)cc2)CC1. The molecule has 4 rings (SSSR count). The van der Waals surface area contributed by atoms with Crippen LogP contribution >= 0.6 is 11.6 Å². The van der Waals surface area contributed by atoms with E-state index in [0.717, 1.165) is 70.2 Å². The minimum absolute atomic E-state index is 0.177. The summed E-state index contributed by atoms with van der Waals surface area (Å²) in [6.07, 6.45) is 5.34. The molecule has 3 aliphatic heterocycles. The predicted octanol–water partition coefficient (Wildman–Crippen LogP) is 4.45. The third kappa shape index (κ3) is 6.84. The lowest BCUT2D eigenvalue weighted by Crippen LogP contribution is -2.59. The van der Waals surface area contributed by atoms with Crippen LogP contribution in [0.5, 0.6) is 0 Å². The average molecular weight is 478 g/mol. The van der Waals surface area contributed by atoms with Crippen LogP contribution in [-0.4, -0.2) is 90.5 Å². The highest BCUT2D eigenvalue weighted by Gasteiger charge is 2.38. The number of carbonyl (C=O) groups excluding carboxylic acids is 1. The number of amides is 1. The molecular weight excluding hydrogens is 438 g/mol. The van der Waals surface area contributed by atoms with E-state index in [1.54, 1.807) is 0 Å². The van der Waals surface area contributed by atoms with Crippen molar-refractivity contribution in [3.63, 3.8) is 0 Å². The zero-order chi connectivity index (χ0) is 23.4. The lowest BCUT2D eigenvalue weighted by molar-refractivity contribution is -0.0324. The molecule has 1 amide bonds. The Kier molecular flexibility index (Phi) is 8.21. The van der Waals surface area contributed by atoms with Gasteiger partial charge in [0.2, 0.25) is 0 Å². The summed E-state index contributed by atoms with van der Waals surface area (Å²) in [7, 11) is 0. The number of piperidine rings is 2. The molecule has 184 valence electrons. The van der Waals surface area contributed by atoms with Crippen molar-refractivity contribution in [1.29, 1.82) is 0 Å². The summed E-state index contributed by atoms with van der Waals surface area (Å²) in [5.74, 6) is 0. The van der Waals surface area contributed by atoms with Crippen molar-refractivity contribution in [2.45, 2.75) is 76.6 Å². The van der Waals surface area contributed by atoms with Crippen molar-refractivity contribution < 1.29 is 14.3 Å². The largest absolute Gasteiger partial charge is 0.444 e. The van der Waals surface area contributed by atoms with Gasteiger partial charge in [-0.25, -0.2) is 4.79 Å². The Labute approximate surface area is 204 Å². The van der Waals surface area contributed by atoms with Crippen LogP contribution < -0.4 is 0 Å². The van der Waals surface area contributed by atoms with E-state index in [-0.39, 0.29) is 6.09 Å². The molecule has 0 radical (unpaired) electrons. The molecule has 33 heavy (non-hydrogen) atoms. The molecule has 0 N–H and O–H groups in total. The van der Waals surface area contributed by atoms with Gasteiger partial charge in [-0.15, -0.1) is 0 Å². The molecule has 2 atom stereocenters. The molecule has 0 aromatic heterocycles. The molecule has 0 saturated carbocycles. The Morgan fingerprint density at radius 1 is 1.00 bits per heavy atom. The first-order chi connectivity index (χ1) is 15.8. The van der Waals surface area contributed by atoms with Crippen molar-refractivity contribution >= 4 is 17.7 Å². The van der Waals surface area contributed by atoms with E-state index in [0.29, 0.717) is 18.1 Å². The first-order valence-corrected chi connectivity index (χ1v) is 13.0. The number of nitrogens with zero attached hydrogens (tertiary/aromatic N) is 3. The molecule has 0 bridgehead atoms. The number of likely N-dealkylation sites (tertiary alicyclic amines) is 2. The molecule has 3 aliphatic rings. The van der Waals surface area contributed by atoms with Crippen LogP contribution in [0.4, 0.5) is 4.79 Å². The molecule has 7 heteroatoms. The average Bonchev–Trinajstić information content (AvgIpc) is 2.80. The summed E-state index contributed by atoms with van der Waals surface area (Å²) < 4.78 is 11.2. The molecule has 3 heterocycles. The fraction of sp³-hybridized carbons (Fsp3) is 0.731. The second-order valence-electron chi connectivity index (χ2n) is 10.8. The van der Waals surface area contributed by atoms with E-state index in [1.165, 1.54) is 18.4 Å². The molecule has 3 fully saturated rings. The lowest BCUT2D eigenvalue weighted by Gasteiger charge is -2.49. The summed E-state index contributed by atoms with van der Waals surface area (Å²) in [5.41, 5.74) is 0.904. The number of hydrogen-bond acceptors (Lipinski definition) is 5. The van der Waals surface area contributed by atoms with Crippen LogP contribution in [-0.2, 0) is 15.9 Å². The number of hydrogen-bond donors (Lipinski definition) is 0. The molecule has 0 spiro atoms. The maximum absolute atomic E-state index is 12.5. The van der Waals surface area contributed by atoms with Crippen molar-refractivity contribution in [2.75, 3.05) is 45.9 Å². The number of carbonyl (C=O) groups is 1. The van der Waals surface area contributed by atoms with Crippen LogP contribution in [0.2, 0.25) is 5.02 Å². The zero-order valence-corrected chi connectivity index (χ0v) is 21.2.